The lowest BCUT2D eigenvalue weighted by molar-refractivity contribution is 0.0130. The van der Waals surface area contributed by atoms with Crippen LogP contribution < -0.4 is 5.32 Å². The van der Waals surface area contributed by atoms with Crippen molar-refractivity contribution in [2.45, 2.75) is 51.7 Å². The van der Waals surface area contributed by atoms with Crippen LogP contribution in [0.2, 0.25) is 0 Å². The maximum atomic E-state index is 5.46. The van der Waals surface area contributed by atoms with Crippen LogP contribution in [0.3, 0.4) is 0 Å². The number of methoxy groups -OCH3 is 1. The predicted molar refractivity (Wildman–Crippen MR) is 77.8 cm³/mol. The average Bonchev–Trinajstić information content (AvgIpc) is 2.39. The van der Waals surface area contributed by atoms with Gasteiger partial charge in [0, 0.05) is 13.2 Å². The monoisotopic (exact) mass is 249 g/mol. The molecule has 0 spiro atoms. The molecule has 1 aromatic carbocycles. The van der Waals surface area contributed by atoms with Crippen molar-refractivity contribution >= 4 is 0 Å². The molecule has 1 aromatic rings. The van der Waals surface area contributed by atoms with Crippen LogP contribution in [-0.2, 0) is 4.74 Å². The Morgan fingerprint density at radius 3 is 2.44 bits per heavy atom. The summed E-state index contributed by atoms with van der Waals surface area (Å²) in [7, 11) is 1.79. The van der Waals surface area contributed by atoms with Gasteiger partial charge in [0.05, 0.1) is 5.60 Å². The molecule has 102 valence electrons. The van der Waals surface area contributed by atoms with Crippen LogP contribution in [0.5, 0.6) is 0 Å². The second kappa shape index (κ2) is 7.55. The Morgan fingerprint density at radius 1 is 1.22 bits per heavy atom. The van der Waals surface area contributed by atoms with Gasteiger partial charge in [-0.3, -0.25) is 0 Å². The number of benzene rings is 1. The van der Waals surface area contributed by atoms with Crippen LogP contribution in [0.4, 0.5) is 0 Å². The van der Waals surface area contributed by atoms with Gasteiger partial charge in [0.25, 0.3) is 0 Å². The molecule has 0 radical (unpaired) electrons. The molecule has 0 saturated heterocycles. The maximum Gasteiger partial charge on any atom is 0.0622 e. The van der Waals surface area contributed by atoms with Gasteiger partial charge in [0.1, 0.15) is 0 Å². The number of nitrogens with one attached hydrogen (secondary N) is 1. The highest BCUT2D eigenvalue weighted by Gasteiger charge is 2.17. The molecule has 0 heterocycles. The zero-order valence-corrected chi connectivity index (χ0v) is 12.2. The van der Waals surface area contributed by atoms with Crippen LogP contribution in [0.15, 0.2) is 30.3 Å². The van der Waals surface area contributed by atoms with Gasteiger partial charge in [-0.05, 0) is 45.2 Å². The quantitative estimate of drug-likeness (QED) is 0.753. The summed E-state index contributed by atoms with van der Waals surface area (Å²) in [5.41, 5.74) is 1.38. The number of ether oxygens (including phenoxy) is 1. The standard InChI is InChI=1S/C16H27NO/c1-5-17-15(14-10-7-6-8-11-14)12-9-13-16(2,3)18-4/h6-8,10-11,15,17H,5,9,12-13H2,1-4H3. The first-order valence-corrected chi connectivity index (χ1v) is 6.92. The van der Waals surface area contributed by atoms with E-state index in [0.717, 1.165) is 19.4 Å². The first-order chi connectivity index (χ1) is 8.59. The van der Waals surface area contributed by atoms with Gasteiger partial charge in [0.2, 0.25) is 0 Å². The lowest BCUT2D eigenvalue weighted by Crippen LogP contribution is -2.24. The molecule has 0 aromatic heterocycles. The van der Waals surface area contributed by atoms with Gasteiger partial charge >= 0.3 is 0 Å². The molecular weight excluding hydrogens is 222 g/mol. The summed E-state index contributed by atoms with van der Waals surface area (Å²) in [4.78, 5) is 0. The molecule has 1 N–H and O–H groups in total. The van der Waals surface area contributed by atoms with Crippen LogP contribution in [0.1, 0.15) is 51.6 Å². The fourth-order valence-corrected chi connectivity index (χ4v) is 2.15. The van der Waals surface area contributed by atoms with Gasteiger partial charge in [0.15, 0.2) is 0 Å². The van der Waals surface area contributed by atoms with E-state index in [9.17, 15) is 0 Å². The van der Waals surface area contributed by atoms with E-state index < -0.39 is 0 Å². The van der Waals surface area contributed by atoms with Crippen LogP contribution in [0.25, 0.3) is 0 Å². The van der Waals surface area contributed by atoms with Gasteiger partial charge in [-0.25, -0.2) is 0 Å². The molecule has 0 aliphatic heterocycles. The van der Waals surface area contributed by atoms with E-state index in [2.05, 4.69) is 56.4 Å². The minimum absolute atomic E-state index is 0.00650. The Labute approximate surface area is 112 Å². The third kappa shape index (κ3) is 5.19. The van der Waals surface area contributed by atoms with E-state index in [1.165, 1.54) is 12.0 Å². The Bertz CT molecular complexity index is 321. The number of rotatable bonds is 8. The van der Waals surface area contributed by atoms with Crippen molar-refractivity contribution in [2.75, 3.05) is 13.7 Å². The fourth-order valence-electron chi connectivity index (χ4n) is 2.15. The van der Waals surface area contributed by atoms with Crippen molar-refractivity contribution in [1.29, 1.82) is 0 Å². The van der Waals surface area contributed by atoms with Crippen molar-refractivity contribution in [3.8, 4) is 0 Å². The van der Waals surface area contributed by atoms with Gasteiger partial charge in [-0.15, -0.1) is 0 Å². The normalized spacial score (nSPS) is 13.6. The molecule has 0 amide bonds. The maximum absolute atomic E-state index is 5.46. The summed E-state index contributed by atoms with van der Waals surface area (Å²) in [6.45, 7) is 7.47. The number of hydrogen-bond acceptors (Lipinski definition) is 2. The SMILES string of the molecule is CCNC(CCCC(C)(C)OC)c1ccccc1. The highest BCUT2D eigenvalue weighted by Crippen LogP contribution is 2.23. The van der Waals surface area contributed by atoms with Crippen molar-refractivity contribution in [1.82, 2.24) is 5.32 Å². The largest absolute Gasteiger partial charge is 0.379 e. The van der Waals surface area contributed by atoms with Gasteiger partial charge in [-0.1, -0.05) is 37.3 Å². The van der Waals surface area contributed by atoms with Crippen LogP contribution >= 0.6 is 0 Å². The van der Waals surface area contributed by atoms with E-state index >= 15 is 0 Å². The van der Waals surface area contributed by atoms with Gasteiger partial charge in [-0.2, -0.15) is 0 Å². The lowest BCUT2D eigenvalue weighted by Gasteiger charge is -2.24. The van der Waals surface area contributed by atoms with Crippen molar-refractivity contribution in [3.63, 3.8) is 0 Å². The third-order valence-electron chi connectivity index (χ3n) is 3.48. The minimum atomic E-state index is -0.00650. The topological polar surface area (TPSA) is 21.3 Å². The summed E-state index contributed by atoms with van der Waals surface area (Å²) in [6.07, 6.45) is 3.43. The van der Waals surface area contributed by atoms with Crippen LogP contribution in [0, 0.1) is 0 Å². The molecular formula is C16H27NO. The zero-order chi connectivity index (χ0) is 13.4. The molecule has 1 unspecified atom stereocenters. The second-order valence-electron chi connectivity index (χ2n) is 5.38. The first-order valence-electron chi connectivity index (χ1n) is 6.92. The summed E-state index contributed by atoms with van der Waals surface area (Å²) in [5, 5.41) is 3.56. The first kappa shape index (κ1) is 15.2. The minimum Gasteiger partial charge on any atom is -0.379 e. The lowest BCUT2D eigenvalue weighted by atomic mass is 9.96. The Morgan fingerprint density at radius 2 is 1.89 bits per heavy atom. The summed E-state index contributed by atoms with van der Waals surface area (Å²) < 4.78 is 5.46. The molecule has 18 heavy (non-hydrogen) atoms. The third-order valence-corrected chi connectivity index (χ3v) is 3.48. The summed E-state index contributed by atoms with van der Waals surface area (Å²) in [5.74, 6) is 0. The predicted octanol–water partition coefficient (Wildman–Crippen LogP) is 3.93. The molecule has 0 fully saturated rings. The Hall–Kier alpha value is -0.860. The second-order valence-corrected chi connectivity index (χ2v) is 5.38. The summed E-state index contributed by atoms with van der Waals surface area (Å²) >= 11 is 0. The smallest absolute Gasteiger partial charge is 0.0622 e. The summed E-state index contributed by atoms with van der Waals surface area (Å²) in [6, 6.07) is 11.2. The molecule has 0 aliphatic rings. The van der Waals surface area contributed by atoms with E-state index in [4.69, 9.17) is 4.74 Å². The molecule has 1 rings (SSSR count). The van der Waals surface area contributed by atoms with E-state index in [1.807, 2.05) is 0 Å². The highest BCUT2D eigenvalue weighted by atomic mass is 16.5. The van der Waals surface area contributed by atoms with Crippen molar-refractivity contribution in [2.24, 2.45) is 0 Å². The van der Waals surface area contributed by atoms with Crippen molar-refractivity contribution in [3.05, 3.63) is 35.9 Å². The van der Waals surface area contributed by atoms with E-state index in [-0.39, 0.29) is 5.60 Å². The molecule has 2 nitrogen and oxygen atoms in total. The van der Waals surface area contributed by atoms with Gasteiger partial charge < -0.3 is 10.1 Å². The van der Waals surface area contributed by atoms with Crippen molar-refractivity contribution < 1.29 is 4.74 Å². The zero-order valence-electron chi connectivity index (χ0n) is 12.2. The fraction of sp³-hybridized carbons (Fsp3) is 0.625. The Balaban J connectivity index is 2.49. The van der Waals surface area contributed by atoms with E-state index in [1.54, 1.807) is 7.11 Å². The average molecular weight is 249 g/mol. The number of hydrogen-bond donors (Lipinski definition) is 1. The van der Waals surface area contributed by atoms with Crippen LogP contribution in [-0.4, -0.2) is 19.3 Å². The molecule has 0 aliphatic carbocycles. The molecule has 1 atom stereocenters. The van der Waals surface area contributed by atoms with E-state index in [0.29, 0.717) is 6.04 Å². The molecule has 2 heteroatoms. The highest BCUT2D eigenvalue weighted by molar-refractivity contribution is 5.18. The molecule has 0 bridgehead atoms. The Kier molecular flexibility index (Phi) is 6.37. The molecule has 0 saturated carbocycles.